The van der Waals surface area contributed by atoms with Crippen LogP contribution in [0.2, 0.25) is 10.0 Å². The molecule has 0 saturated carbocycles. The van der Waals surface area contributed by atoms with Crippen LogP contribution in [0.5, 0.6) is 0 Å². The third-order valence-electron chi connectivity index (χ3n) is 3.41. The molecule has 1 amide bonds. The standard InChI is InChI=1S/C18H18Cl2FNOS/c19-15-7-5-13(11-16(15)20)6-8-18(23)22-9-10-24-12-14-3-1-2-4-17(14)21/h1-5,7,11H,6,8-10,12H2,(H,22,23). The van der Waals surface area contributed by atoms with Crippen molar-refractivity contribution >= 4 is 40.9 Å². The molecular weight excluding hydrogens is 368 g/mol. The van der Waals surface area contributed by atoms with Crippen LogP contribution < -0.4 is 5.32 Å². The summed E-state index contributed by atoms with van der Waals surface area (Å²) in [6, 6.07) is 12.1. The van der Waals surface area contributed by atoms with Gasteiger partial charge in [0, 0.05) is 24.5 Å². The molecule has 0 aliphatic heterocycles. The van der Waals surface area contributed by atoms with E-state index in [1.54, 1.807) is 36.0 Å². The Morgan fingerprint density at radius 1 is 1.12 bits per heavy atom. The van der Waals surface area contributed by atoms with Crippen LogP contribution in [0, 0.1) is 5.82 Å². The Morgan fingerprint density at radius 3 is 2.67 bits per heavy atom. The first kappa shape index (κ1) is 19.1. The molecule has 0 radical (unpaired) electrons. The molecule has 0 bridgehead atoms. The van der Waals surface area contributed by atoms with E-state index >= 15 is 0 Å². The third-order valence-corrected chi connectivity index (χ3v) is 5.16. The van der Waals surface area contributed by atoms with Gasteiger partial charge in [-0.2, -0.15) is 11.8 Å². The Labute approximate surface area is 155 Å². The highest BCUT2D eigenvalue weighted by Crippen LogP contribution is 2.23. The summed E-state index contributed by atoms with van der Waals surface area (Å²) >= 11 is 13.4. The van der Waals surface area contributed by atoms with E-state index in [9.17, 15) is 9.18 Å². The van der Waals surface area contributed by atoms with Gasteiger partial charge in [0.25, 0.3) is 0 Å². The Hall–Kier alpha value is -1.23. The van der Waals surface area contributed by atoms with Gasteiger partial charge in [0.1, 0.15) is 5.82 Å². The molecule has 2 aromatic carbocycles. The van der Waals surface area contributed by atoms with E-state index in [-0.39, 0.29) is 11.7 Å². The van der Waals surface area contributed by atoms with Crippen LogP contribution in [0.25, 0.3) is 0 Å². The molecule has 24 heavy (non-hydrogen) atoms. The van der Waals surface area contributed by atoms with Crippen molar-refractivity contribution in [2.24, 2.45) is 0 Å². The van der Waals surface area contributed by atoms with Crippen molar-refractivity contribution in [3.05, 3.63) is 69.5 Å². The summed E-state index contributed by atoms with van der Waals surface area (Å²) in [6.45, 7) is 0.569. The summed E-state index contributed by atoms with van der Waals surface area (Å²) in [5.74, 6) is 1.15. The van der Waals surface area contributed by atoms with Crippen molar-refractivity contribution in [3.63, 3.8) is 0 Å². The Balaban J connectivity index is 1.61. The van der Waals surface area contributed by atoms with Gasteiger partial charge in [0.2, 0.25) is 5.91 Å². The number of hydrogen-bond acceptors (Lipinski definition) is 2. The lowest BCUT2D eigenvalue weighted by atomic mass is 10.1. The number of nitrogens with one attached hydrogen (secondary N) is 1. The van der Waals surface area contributed by atoms with Crippen LogP contribution in [0.4, 0.5) is 4.39 Å². The molecule has 0 heterocycles. The number of benzene rings is 2. The number of aryl methyl sites for hydroxylation is 1. The SMILES string of the molecule is O=C(CCc1ccc(Cl)c(Cl)c1)NCCSCc1ccccc1F. The summed E-state index contributed by atoms with van der Waals surface area (Å²) in [7, 11) is 0. The lowest BCUT2D eigenvalue weighted by Gasteiger charge is -2.07. The zero-order valence-electron chi connectivity index (χ0n) is 13.0. The highest BCUT2D eigenvalue weighted by molar-refractivity contribution is 7.98. The summed E-state index contributed by atoms with van der Waals surface area (Å²) in [4.78, 5) is 11.8. The predicted molar refractivity (Wildman–Crippen MR) is 100 cm³/mol. The predicted octanol–water partition coefficient (Wildman–Crippen LogP) is 5.11. The van der Waals surface area contributed by atoms with Gasteiger partial charge in [-0.15, -0.1) is 0 Å². The minimum absolute atomic E-state index is 0.00689. The van der Waals surface area contributed by atoms with Crippen molar-refractivity contribution in [2.45, 2.75) is 18.6 Å². The first-order valence-corrected chi connectivity index (χ1v) is 9.49. The van der Waals surface area contributed by atoms with Crippen molar-refractivity contribution in [3.8, 4) is 0 Å². The van der Waals surface area contributed by atoms with Gasteiger partial charge in [0.05, 0.1) is 10.0 Å². The fourth-order valence-electron chi connectivity index (χ4n) is 2.10. The first-order chi connectivity index (χ1) is 11.6. The molecule has 0 atom stereocenters. The molecule has 6 heteroatoms. The fourth-order valence-corrected chi connectivity index (χ4v) is 3.27. The van der Waals surface area contributed by atoms with Gasteiger partial charge in [0.15, 0.2) is 0 Å². The average molecular weight is 386 g/mol. The molecule has 2 rings (SSSR count). The number of carbonyl (C=O) groups excluding carboxylic acids is 1. The highest BCUT2D eigenvalue weighted by atomic mass is 35.5. The van der Waals surface area contributed by atoms with Gasteiger partial charge >= 0.3 is 0 Å². The second-order valence-electron chi connectivity index (χ2n) is 5.24. The third kappa shape index (κ3) is 6.34. The number of hydrogen-bond donors (Lipinski definition) is 1. The number of rotatable bonds is 8. The molecule has 0 aromatic heterocycles. The molecule has 0 aliphatic rings. The zero-order valence-corrected chi connectivity index (χ0v) is 15.4. The van der Waals surface area contributed by atoms with E-state index in [1.165, 1.54) is 6.07 Å². The number of thioether (sulfide) groups is 1. The summed E-state index contributed by atoms with van der Waals surface area (Å²) in [6.07, 6.45) is 1.01. The number of amides is 1. The van der Waals surface area contributed by atoms with Gasteiger partial charge in [-0.3, -0.25) is 4.79 Å². The van der Waals surface area contributed by atoms with Crippen LogP contribution in [-0.4, -0.2) is 18.2 Å². The number of carbonyl (C=O) groups is 1. The van der Waals surface area contributed by atoms with Crippen molar-refractivity contribution in [1.29, 1.82) is 0 Å². The lowest BCUT2D eigenvalue weighted by molar-refractivity contribution is -0.120. The Bertz CT molecular complexity index is 696. The first-order valence-electron chi connectivity index (χ1n) is 7.58. The normalized spacial score (nSPS) is 10.6. The van der Waals surface area contributed by atoms with Crippen LogP contribution in [0.3, 0.4) is 0 Å². The summed E-state index contributed by atoms with van der Waals surface area (Å²) < 4.78 is 13.4. The molecule has 2 nitrogen and oxygen atoms in total. The maximum Gasteiger partial charge on any atom is 0.220 e. The minimum Gasteiger partial charge on any atom is -0.355 e. The van der Waals surface area contributed by atoms with Gasteiger partial charge in [-0.1, -0.05) is 47.5 Å². The Morgan fingerprint density at radius 2 is 1.92 bits per heavy atom. The molecule has 0 fully saturated rings. The van der Waals surface area contributed by atoms with Crippen molar-refractivity contribution < 1.29 is 9.18 Å². The molecular formula is C18H18Cl2FNOS. The monoisotopic (exact) mass is 385 g/mol. The van der Waals surface area contributed by atoms with E-state index < -0.39 is 0 Å². The van der Waals surface area contributed by atoms with E-state index in [2.05, 4.69) is 5.32 Å². The average Bonchev–Trinajstić information content (AvgIpc) is 2.57. The molecule has 0 aliphatic carbocycles. The van der Waals surface area contributed by atoms with Gasteiger partial charge in [-0.05, 0) is 35.7 Å². The largest absolute Gasteiger partial charge is 0.355 e. The number of halogens is 3. The van der Waals surface area contributed by atoms with Crippen LogP contribution in [-0.2, 0) is 17.0 Å². The maximum atomic E-state index is 13.4. The van der Waals surface area contributed by atoms with Crippen molar-refractivity contribution in [2.75, 3.05) is 12.3 Å². The van der Waals surface area contributed by atoms with Crippen LogP contribution in [0.1, 0.15) is 17.5 Å². The van der Waals surface area contributed by atoms with E-state index in [1.807, 2.05) is 12.1 Å². The molecule has 0 spiro atoms. The molecule has 2 aromatic rings. The zero-order chi connectivity index (χ0) is 17.4. The molecule has 0 saturated heterocycles. The fraction of sp³-hybridized carbons (Fsp3) is 0.278. The van der Waals surface area contributed by atoms with Gasteiger partial charge < -0.3 is 5.32 Å². The van der Waals surface area contributed by atoms with Crippen LogP contribution in [0.15, 0.2) is 42.5 Å². The smallest absolute Gasteiger partial charge is 0.220 e. The van der Waals surface area contributed by atoms with Crippen LogP contribution >= 0.6 is 35.0 Å². The quantitative estimate of drug-likeness (QED) is 0.639. The van der Waals surface area contributed by atoms with Crippen molar-refractivity contribution in [1.82, 2.24) is 5.32 Å². The van der Waals surface area contributed by atoms with E-state index in [0.29, 0.717) is 40.7 Å². The molecule has 1 N–H and O–H groups in total. The van der Waals surface area contributed by atoms with E-state index in [0.717, 1.165) is 11.3 Å². The molecule has 128 valence electrons. The maximum absolute atomic E-state index is 13.4. The second kappa shape index (κ2) is 9.92. The summed E-state index contributed by atoms with van der Waals surface area (Å²) in [5, 5.41) is 3.88. The highest BCUT2D eigenvalue weighted by Gasteiger charge is 2.05. The summed E-state index contributed by atoms with van der Waals surface area (Å²) in [5.41, 5.74) is 1.67. The minimum atomic E-state index is -0.185. The van der Waals surface area contributed by atoms with Gasteiger partial charge in [-0.25, -0.2) is 4.39 Å². The molecule has 0 unspecified atom stereocenters. The second-order valence-corrected chi connectivity index (χ2v) is 7.16. The lowest BCUT2D eigenvalue weighted by Crippen LogP contribution is -2.25. The van der Waals surface area contributed by atoms with E-state index in [4.69, 9.17) is 23.2 Å². The Kier molecular flexibility index (Phi) is 7.89. The topological polar surface area (TPSA) is 29.1 Å².